The maximum atomic E-state index is 13.2. The lowest BCUT2D eigenvalue weighted by Crippen LogP contribution is -2.48. The molecule has 0 aliphatic carbocycles. The molecule has 2 saturated heterocycles. The number of aryl methyl sites for hydroxylation is 1. The zero-order valence-electron chi connectivity index (χ0n) is 15.1. The molecule has 3 aliphatic heterocycles. The van der Waals surface area contributed by atoms with E-state index in [4.69, 9.17) is 4.74 Å². The average Bonchev–Trinajstić information content (AvgIpc) is 3.45. The third kappa shape index (κ3) is 2.40. The van der Waals surface area contributed by atoms with Gasteiger partial charge in [-0.2, -0.15) is 0 Å². The molecule has 2 fully saturated rings. The van der Waals surface area contributed by atoms with Gasteiger partial charge in [0.25, 0.3) is 5.91 Å². The molecule has 1 aromatic carbocycles. The molecule has 0 unspecified atom stereocenters. The number of nitrogens with zero attached hydrogens (tertiary/aromatic N) is 1. The van der Waals surface area contributed by atoms with Crippen LogP contribution in [0, 0.1) is 18.8 Å². The van der Waals surface area contributed by atoms with Crippen molar-refractivity contribution >= 4 is 34.7 Å². The highest BCUT2D eigenvalue weighted by molar-refractivity contribution is 7.12. The molecule has 1 aromatic heterocycles. The highest BCUT2D eigenvalue weighted by atomic mass is 32.1. The van der Waals surface area contributed by atoms with Crippen molar-refractivity contribution in [2.75, 3.05) is 11.4 Å². The van der Waals surface area contributed by atoms with Crippen LogP contribution in [0.4, 0.5) is 5.69 Å². The van der Waals surface area contributed by atoms with E-state index < -0.39 is 23.5 Å². The number of thiophene rings is 1. The Kier molecular flexibility index (Phi) is 3.79. The fraction of sp³-hybridized carbons (Fsp3) is 0.286. The van der Waals surface area contributed by atoms with Crippen LogP contribution in [0.5, 0.6) is 0 Å². The Morgan fingerprint density at radius 1 is 1.21 bits per heavy atom. The van der Waals surface area contributed by atoms with Crippen molar-refractivity contribution in [3.8, 4) is 0 Å². The number of rotatable bonds is 4. The second-order valence-electron chi connectivity index (χ2n) is 7.41. The SMILES string of the molecule is Cc1ccc(N2C(=O)[C@H]3[C@@H]4C=C[C@](CNC(=O)c5cccs5)(O4)[C@@H]3C2=O)cc1. The summed E-state index contributed by atoms with van der Waals surface area (Å²) in [4.78, 5) is 40.5. The van der Waals surface area contributed by atoms with E-state index in [2.05, 4.69) is 5.32 Å². The monoisotopic (exact) mass is 394 g/mol. The van der Waals surface area contributed by atoms with Gasteiger partial charge < -0.3 is 10.1 Å². The Morgan fingerprint density at radius 3 is 2.71 bits per heavy atom. The van der Waals surface area contributed by atoms with Gasteiger partial charge in [0.2, 0.25) is 11.8 Å². The van der Waals surface area contributed by atoms with Gasteiger partial charge in [-0.1, -0.05) is 35.9 Å². The lowest BCUT2D eigenvalue weighted by molar-refractivity contribution is -0.126. The van der Waals surface area contributed by atoms with E-state index in [1.807, 2.05) is 42.7 Å². The van der Waals surface area contributed by atoms with Gasteiger partial charge in [0.1, 0.15) is 5.60 Å². The van der Waals surface area contributed by atoms with Crippen molar-refractivity contribution in [1.29, 1.82) is 0 Å². The Bertz CT molecular complexity index is 998. The Hall–Kier alpha value is -2.77. The zero-order valence-corrected chi connectivity index (χ0v) is 15.9. The van der Waals surface area contributed by atoms with Crippen molar-refractivity contribution in [1.82, 2.24) is 5.32 Å². The molecule has 0 saturated carbocycles. The van der Waals surface area contributed by atoms with Crippen LogP contribution in [-0.2, 0) is 14.3 Å². The maximum Gasteiger partial charge on any atom is 0.261 e. The van der Waals surface area contributed by atoms with Gasteiger partial charge >= 0.3 is 0 Å². The molecule has 4 heterocycles. The number of carbonyl (C=O) groups is 3. The van der Waals surface area contributed by atoms with Gasteiger partial charge in [0.05, 0.1) is 35.0 Å². The fourth-order valence-corrected chi connectivity index (χ4v) is 5.01. The lowest BCUT2D eigenvalue weighted by Gasteiger charge is -2.29. The van der Waals surface area contributed by atoms with Crippen molar-refractivity contribution in [2.24, 2.45) is 11.8 Å². The smallest absolute Gasteiger partial charge is 0.261 e. The fourth-order valence-electron chi connectivity index (χ4n) is 4.37. The number of amides is 3. The second kappa shape index (κ2) is 6.12. The van der Waals surface area contributed by atoms with E-state index in [9.17, 15) is 14.4 Å². The highest BCUT2D eigenvalue weighted by Gasteiger charge is 2.67. The van der Waals surface area contributed by atoms with E-state index in [1.165, 1.54) is 16.2 Å². The molecule has 28 heavy (non-hydrogen) atoms. The van der Waals surface area contributed by atoms with Crippen LogP contribution < -0.4 is 10.2 Å². The minimum atomic E-state index is -0.978. The molecule has 1 N–H and O–H groups in total. The van der Waals surface area contributed by atoms with Crippen LogP contribution in [0.15, 0.2) is 53.9 Å². The van der Waals surface area contributed by atoms with Crippen LogP contribution in [0.3, 0.4) is 0 Å². The highest BCUT2D eigenvalue weighted by Crippen LogP contribution is 2.52. The number of carbonyl (C=O) groups excluding carboxylic acids is 3. The van der Waals surface area contributed by atoms with E-state index in [0.717, 1.165) is 5.56 Å². The van der Waals surface area contributed by atoms with E-state index in [-0.39, 0.29) is 24.3 Å². The number of ether oxygens (including phenoxy) is 1. The Morgan fingerprint density at radius 2 is 2.00 bits per heavy atom. The van der Waals surface area contributed by atoms with Gasteiger partial charge in [-0.3, -0.25) is 14.4 Å². The largest absolute Gasteiger partial charge is 0.360 e. The average molecular weight is 394 g/mol. The van der Waals surface area contributed by atoms with E-state index in [1.54, 1.807) is 18.2 Å². The second-order valence-corrected chi connectivity index (χ2v) is 8.36. The first kappa shape index (κ1) is 17.3. The molecule has 0 spiro atoms. The summed E-state index contributed by atoms with van der Waals surface area (Å²) in [7, 11) is 0. The van der Waals surface area contributed by atoms with E-state index in [0.29, 0.717) is 10.6 Å². The summed E-state index contributed by atoms with van der Waals surface area (Å²) in [6.07, 6.45) is 3.23. The predicted octanol–water partition coefficient (Wildman–Crippen LogP) is 2.30. The lowest BCUT2D eigenvalue weighted by atomic mass is 9.77. The quantitative estimate of drug-likeness (QED) is 0.638. The molecule has 4 atom stereocenters. The summed E-state index contributed by atoms with van der Waals surface area (Å²) in [6, 6.07) is 10.9. The van der Waals surface area contributed by atoms with Crippen LogP contribution in [0.2, 0.25) is 0 Å². The molecule has 0 radical (unpaired) electrons. The molecular formula is C21H18N2O4S. The predicted molar refractivity (Wildman–Crippen MR) is 104 cm³/mol. The van der Waals surface area contributed by atoms with Gasteiger partial charge in [-0.15, -0.1) is 11.3 Å². The molecule has 5 rings (SSSR count). The summed E-state index contributed by atoms with van der Waals surface area (Å²) < 4.78 is 6.05. The minimum absolute atomic E-state index is 0.151. The standard InChI is InChI=1S/C21H18N2O4S/c1-12-4-6-13(7-5-12)23-19(25)16-14-8-9-21(27-14,17(16)20(23)26)11-22-18(24)15-3-2-10-28-15/h2-10,14,16-17H,11H2,1H3,(H,22,24)/t14-,16-,17-,21+/m0/s1. The number of benzene rings is 1. The minimum Gasteiger partial charge on any atom is -0.360 e. The first-order valence-electron chi connectivity index (χ1n) is 9.13. The Balaban J connectivity index is 1.42. The summed E-state index contributed by atoms with van der Waals surface area (Å²) in [5.74, 6) is -1.88. The van der Waals surface area contributed by atoms with Gasteiger partial charge in [0.15, 0.2) is 0 Å². The van der Waals surface area contributed by atoms with Gasteiger partial charge in [-0.05, 0) is 30.5 Å². The third-order valence-corrected chi connectivity index (χ3v) is 6.59. The number of hydrogen-bond donors (Lipinski definition) is 1. The first-order chi connectivity index (χ1) is 13.5. The van der Waals surface area contributed by atoms with Crippen molar-refractivity contribution in [3.05, 3.63) is 64.4 Å². The summed E-state index contributed by atoms with van der Waals surface area (Å²) >= 11 is 1.35. The van der Waals surface area contributed by atoms with Gasteiger partial charge in [0, 0.05) is 0 Å². The topological polar surface area (TPSA) is 75.7 Å². The molecule has 2 aromatic rings. The van der Waals surface area contributed by atoms with Crippen LogP contribution in [0.1, 0.15) is 15.2 Å². The van der Waals surface area contributed by atoms with Crippen LogP contribution >= 0.6 is 11.3 Å². The molecule has 3 amide bonds. The first-order valence-corrected chi connectivity index (χ1v) is 10.0. The number of fused-ring (bicyclic) bond motifs is 5. The summed E-state index contributed by atoms with van der Waals surface area (Å²) in [6.45, 7) is 2.11. The van der Waals surface area contributed by atoms with Crippen molar-refractivity contribution < 1.29 is 19.1 Å². The molecule has 7 heteroatoms. The third-order valence-electron chi connectivity index (χ3n) is 5.72. The molecule has 142 valence electrons. The molecular weight excluding hydrogens is 376 g/mol. The number of anilines is 1. The Labute approximate surface area is 165 Å². The molecule has 3 aliphatic rings. The van der Waals surface area contributed by atoms with Crippen LogP contribution in [-0.4, -0.2) is 36.0 Å². The summed E-state index contributed by atoms with van der Waals surface area (Å²) in [5, 5.41) is 4.70. The molecule has 2 bridgehead atoms. The maximum absolute atomic E-state index is 13.2. The van der Waals surface area contributed by atoms with E-state index >= 15 is 0 Å². The van der Waals surface area contributed by atoms with Crippen molar-refractivity contribution in [3.63, 3.8) is 0 Å². The zero-order chi connectivity index (χ0) is 19.5. The normalized spacial score (nSPS) is 30.2. The van der Waals surface area contributed by atoms with Gasteiger partial charge in [-0.25, -0.2) is 4.90 Å². The summed E-state index contributed by atoms with van der Waals surface area (Å²) in [5.41, 5.74) is 0.655. The van der Waals surface area contributed by atoms with Crippen molar-refractivity contribution in [2.45, 2.75) is 18.6 Å². The molecule has 6 nitrogen and oxygen atoms in total. The number of nitrogens with one attached hydrogen (secondary N) is 1. The van der Waals surface area contributed by atoms with Crippen LogP contribution in [0.25, 0.3) is 0 Å². The number of hydrogen-bond acceptors (Lipinski definition) is 5. The number of imide groups is 1.